The van der Waals surface area contributed by atoms with E-state index in [1.54, 1.807) is 6.92 Å². The second kappa shape index (κ2) is 7.74. The van der Waals surface area contributed by atoms with Crippen LogP contribution in [-0.4, -0.2) is 45.0 Å². The molecule has 0 bridgehead atoms. The third-order valence-corrected chi connectivity index (χ3v) is 9.86. The first-order valence-electron chi connectivity index (χ1n) is 7.80. The van der Waals surface area contributed by atoms with Crippen LogP contribution in [0, 0.1) is 5.92 Å². The lowest BCUT2D eigenvalue weighted by Gasteiger charge is -2.40. The van der Waals surface area contributed by atoms with Gasteiger partial charge in [0, 0.05) is 5.75 Å². The Balaban J connectivity index is 3.14. The molecule has 0 saturated carbocycles. The highest BCUT2D eigenvalue weighted by atomic mass is 32.2. The van der Waals surface area contributed by atoms with Gasteiger partial charge in [-0.15, -0.1) is 11.8 Å². The van der Waals surface area contributed by atoms with E-state index in [9.17, 15) is 9.59 Å². The predicted molar refractivity (Wildman–Crippen MR) is 94.8 cm³/mol. The molecule has 1 aliphatic heterocycles. The number of esters is 2. The average Bonchev–Trinajstić information content (AvgIpc) is 2.44. The van der Waals surface area contributed by atoms with Crippen molar-refractivity contribution < 1.29 is 23.5 Å². The lowest BCUT2D eigenvalue weighted by molar-refractivity contribution is -0.152. The van der Waals surface area contributed by atoms with Gasteiger partial charge in [-0.25, -0.2) is 0 Å². The van der Waals surface area contributed by atoms with Crippen LogP contribution in [0.4, 0.5) is 0 Å². The molecular formula is C16H28O5SSi. The molecule has 0 aromatic heterocycles. The van der Waals surface area contributed by atoms with Crippen LogP contribution in [0.15, 0.2) is 11.8 Å². The van der Waals surface area contributed by atoms with Crippen LogP contribution in [-0.2, 0) is 23.5 Å². The second-order valence-electron chi connectivity index (χ2n) is 6.98. The summed E-state index contributed by atoms with van der Waals surface area (Å²) < 4.78 is 16.4. The van der Waals surface area contributed by atoms with Gasteiger partial charge in [0.05, 0.1) is 19.5 Å². The molecule has 2 atom stereocenters. The topological polar surface area (TPSA) is 61.8 Å². The molecule has 1 heterocycles. The van der Waals surface area contributed by atoms with Crippen molar-refractivity contribution in [3.8, 4) is 0 Å². The fraction of sp³-hybridized carbons (Fsp3) is 0.750. The summed E-state index contributed by atoms with van der Waals surface area (Å²) in [4.78, 5) is 24.5. The Hall–Kier alpha value is -0.953. The summed E-state index contributed by atoms with van der Waals surface area (Å²) in [6, 6.07) is 0. The van der Waals surface area contributed by atoms with Gasteiger partial charge in [-0.1, -0.05) is 20.8 Å². The fourth-order valence-electron chi connectivity index (χ4n) is 1.95. The number of ether oxygens (including phenoxy) is 2. The highest BCUT2D eigenvalue weighted by Crippen LogP contribution is 2.42. The van der Waals surface area contributed by atoms with E-state index >= 15 is 0 Å². The van der Waals surface area contributed by atoms with Crippen LogP contribution in [0.5, 0.6) is 0 Å². The Kier molecular flexibility index (Phi) is 6.77. The van der Waals surface area contributed by atoms with Gasteiger partial charge in [-0.2, -0.15) is 0 Å². The zero-order chi connectivity index (χ0) is 17.8. The van der Waals surface area contributed by atoms with E-state index in [1.807, 2.05) is 6.08 Å². The summed E-state index contributed by atoms with van der Waals surface area (Å²) in [5.74, 6) is -0.420. The minimum Gasteiger partial charge on any atom is -0.546 e. The normalized spacial score (nSPS) is 22.1. The van der Waals surface area contributed by atoms with Gasteiger partial charge in [0.15, 0.2) is 0 Å². The monoisotopic (exact) mass is 360 g/mol. The summed E-state index contributed by atoms with van der Waals surface area (Å²) in [7, 11) is -0.784. The third kappa shape index (κ3) is 4.76. The van der Waals surface area contributed by atoms with Crippen molar-refractivity contribution in [2.24, 2.45) is 5.92 Å². The zero-order valence-corrected chi connectivity index (χ0v) is 16.9. The van der Waals surface area contributed by atoms with E-state index in [0.29, 0.717) is 11.5 Å². The molecule has 1 aliphatic rings. The van der Waals surface area contributed by atoms with Crippen LogP contribution < -0.4 is 0 Å². The Bertz CT molecular complexity index is 481. The molecule has 0 aromatic carbocycles. The molecule has 132 valence electrons. The molecule has 0 fully saturated rings. The summed E-state index contributed by atoms with van der Waals surface area (Å²) in [5, 5.41) is -0.623. The maximum atomic E-state index is 12.4. The van der Waals surface area contributed by atoms with Crippen LogP contribution >= 0.6 is 11.8 Å². The van der Waals surface area contributed by atoms with E-state index in [1.165, 1.54) is 18.9 Å². The Morgan fingerprint density at radius 2 is 1.91 bits per heavy atom. The van der Waals surface area contributed by atoms with E-state index in [-0.39, 0.29) is 11.6 Å². The minimum atomic E-state index is -2.11. The van der Waals surface area contributed by atoms with Gasteiger partial charge in [0.2, 0.25) is 8.32 Å². The van der Waals surface area contributed by atoms with Gasteiger partial charge < -0.3 is 13.9 Å². The lowest BCUT2D eigenvalue weighted by Crippen LogP contribution is -2.45. The van der Waals surface area contributed by atoms with E-state index < -0.39 is 31.4 Å². The first kappa shape index (κ1) is 20.1. The molecule has 0 unspecified atom stereocenters. The van der Waals surface area contributed by atoms with Gasteiger partial charge >= 0.3 is 11.9 Å². The highest BCUT2D eigenvalue weighted by Gasteiger charge is 2.46. The van der Waals surface area contributed by atoms with Crippen molar-refractivity contribution in [2.45, 2.75) is 51.1 Å². The van der Waals surface area contributed by atoms with Crippen LogP contribution in [0.1, 0.15) is 27.7 Å². The zero-order valence-electron chi connectivity index (χ0n) is 15.1. The van der Waals surface area contributed by atoms with Crippen molar-refractivity contribution in [1.82, 2.24) is 0 Å². The lowest BCUT2D eigenvalue weighted by atomic mass is 10.0. The standard InChI is InChI=1S/C16H28O5SSi/c1-8-20-14(17)12-11(21-23(6,7)16(2,3)4)9-10-22-13(12)15(18)19-5/h9,12-13H,8,10H2,1-7H3/t12-,13+/m1/s1. The van der Waals surface area contributed by atoms with Crippen molar-refractivity contribution >= 4 is 32.0 Å². The molecule has 0 saturated heterocycles. The molecule has 7 heteroatoms. The van der Waals surface area contributed by atoms with E-state index in [0.717, 1.165) is 0 Å². The average molecular weight is 361 g/mol. The first-order chi connectivity index (χ1) is 10.5. The van der Waals surface area contributed by atoms with E-state index in [4.69, 9.17) is 13.9 Å². The largest absolute Gasteiger partial charge is 0.546 e. The molecule has 0 aliphatic carbocycles. The number of carbonyl (C=O) groups is 2. The SMILES string of the molecule is CCOC(=O)[C@@H]1C(O[Si](C)(C)C(C)(C)C)=CCS[C@@H]1C(=O)OC. The number of hydrogen-bond acceptors (Lipinski definition) is 6. The second-order valence-corrected chi connectivity index (χ2v) is 12.9. The molecule has 0 spiro atoms. The number of methoxy groups -OCH3 is 1. The fourth-order valence-corrected chi connectivity index (χ4v) is 4.19. The molecule has 1 rings (SSSR count). The minimum absolute atomic E-state index is 0.00158. The summed E-state index contributed by atoms with van der Waals surface area (Å²) in [6.07, 6.45) is 1.90. The number of thioether (sulfide) groups is 1. The Labute approximate surface area is 144 Å². The van der Waals surface area contributed by atoms with Gasteiger partial charge in [0.25, 0.3) is 0 Å². The first-order valence-corrected chi connectivity index (χ1v) is 11.8. The van der Waals surface area contributed by atoms with E-state index in [2.05, 4.69) is 33.9 Å². The molecule has 5 nitrogen and oxygen atoms in total. The molecule has 0 N–H and O–H groups in total. The van der Waals surface area contributed by atoms with Crippen molar-refractivity contribution in [3.05, 3.63) is 11.8 Å². The molecule has 0 amide bonds. The molecule has 0 radical (unpaired) electrons. The van der Waals surface area contributed by atoms with Gasteiger partial charge in [-0.3, -0.25) is 9.59 Å². The van der Waals surface area contributed by atoms with Gasteiger partial charge in [0.1, 0.15) is 11.2 Å². The van der Waals surface area contributed by atoms with Crippen molar-refractivity contribution in [3.63, 3.8) is 0 Å². The van der Waals surface area contributed by atoms with Crippen molar-refractivity contribution in [2.75, 3.05) is 19.5 Å². The highest BCUT2D eigenvalue weighted by molar-refractivity contribution is 8.00. The number of rotatable bonds is 5. The maximum absolute atomic E-state index is 12.4. The van der Waals surface area contributed by atoms with Crippen molar-refractivity contribution in [1.29, 1.82) is 0 Å². The van der Waals surface area contributed by atoms with Crippen LogP contribution in [0.3, 0.4) is 0 Å². The Morgan fingerprint density at radius 3 is 2.39 bits per heavy atom. The van der Waals surface area contributed by atoms with Crippen LogP contribution in [0.25, 0.3) is 0 Å². The Morgan fingerprint density at radius 1 is 1.30 bits per heavy atom. The van der Waals surface area contributed by atoms with Gasteiger partial charge in [-0.05, 0) is 31.1 Å². The molecule has 23 heavy (non-hydrogen) atoms. The third-order valence-electron chi connectivity index (χ3n) is 4.32. The summed E-state index contributed by atoms with van der Waals surface area (Å²) in [6.45, 7) is 12.6. The quantitative estimate of drug-likeness (QED) is 0.553. The molecule has 0 aromatic rings. The molecular weight excluding hydrogens is 332 g/mol. The summed E-state index contributed by atoms with van der Waals surface area (Å²) in [5.41, 5.74) is 0. The number of carbonyl (C=O) groups excluding carboxylic acids is 2. The maximum Gasteiger partial charge on any atom is 0.320 e. The summed E-state index contributed by atoms with van der Waals surface area (Å²) >= 11 is 1.38. The smallest absolute Gasteiger partial charge is 0.320 e. The van der Waals surface area contributed by atoms with Crippen LogP contribution in [0.2, 0.25) is 18.1 Å². The predicted octanol–water partition coefficient (Wildman–Crippen LogP) is 3.36. The number of hydrogen-bond donors (Lipinski definition) is 0.